The number of benzene rings is 1. The van der Waals surface area contributed by atoms with Crippen molar-refractivity contribution in [3.63, 3.8) is 0 Å². The van der Waals surface area contributed by atoms with Crippen molar-refractivity contribution in [1.82, 2.24) is 9.88 Å². The number of amides is 1. The van der Waals surface area contributed by atoms with Crippen LogP contribution in [-0.4, -0.2) is 29.9 Å². The predicted octanol–water partition coefficient (Wildman–Crippen LogP) is 3.07. The van der Waals surface area contributed by atoms with E-state index in [1.54, 1.807) is 6.92 Å². The Kier molecular flexibility index (Phi) is 5.09. The molecule has 0 saturated carbocycles. The zero-order chi connectivity index (χ0) is 17.9. The minimum Gasteiger partial charge on any atom is -0.480 e. The van der Waals surface area contributed by atoms with Gasteiger partial charge in [-0.2, -0.15) is 5.26 Å². The number of nitrogens with zero attached hydrogens (tertiary/aromatic N) is 3. The highest BCUT2D eigenvalue weighted by atomic mass is 19.1. The maximum atomic E-state index is 13.4. The third-order valence-corrected chi connectivity index (χ3v) is 3.73. The molecule has 0 fully saturated rings. The van der Waals surface area contributed by atoms with Crippen LogP contribution in [0.15, 0.2) is 30.5 Å². The van der Waals surface area contributed by atoms with E-state index in [9.17, 15) is 13.6 Å². The quantitative estimate of drug-likeness (QED) is 0.863. The van der Waals surface area contributed by atoms with Gasteiger partial charge in [-0.25, -0.2) is 13.8 Å². The van der Waals surface area contributed by atoms with Crippen molar-refractivity contribution in [2.75, 3.05) is 14.2 Å². The maximum absolute atomic E-state index is 13.4. The van der Waals surface area contributed by atoms with Gasteiger partial charge in [-0.1, -0.05) is 6.07 Å². The SMILES string of the molecule is COc1ncc(F)cc1C(=O)N(C)C(C)c1ccc(F)cc1C#N. The molecule has 2 aromatic rings. The molecule has 1 aromatic carbocycles. The van der Waals surface area contributed by atoms with E-state index in [4.69, 9.17) is 10.00 Å². The lowest BCUT2D eigenvalue weighted by molar-refractivity contribution is 0.0737. The molecule has 0 bridgehead atoms. The van der Waals surface area contributed by atoms with Gasteiger partial charge in [0.2, 0.25) is 5.88 Å². The second-order valence-corrected chi connectivity index (χ2v) is 5.15. The fraction of sp³-hybridized carbons (Fsp3) is 0.235. The first-order valence-electron chi connectivity index (χ1n) is 7.05. The van der Waals surface area contributed by atoms with Crippen LogP contribution in [0.4, 0.5) is 8.78 Å². The molecule has 24 heavy (non-hydrogen) atoms. The normalized spacial score (nSPS) is 11.5. The van der Waals surface area contributed by atoms with E-state index in [1.165, 1.54) is 31.2 Å². The van der Waals surface area contributed by atoms with Gasteiger partial charge in [0.25, 0.3) is 5.91 Å². The molecule has 1 aromatic heterocycles. The first-order valence-corrected chi connectivity index (χ1v) is 7.05. The Morgan fingerprint density at radius 2 is 2.04 bits per heavy atom. The van der Waals surface area contributed by atoms with Crippen LogP contribution in [0.25, 0.3) is 0 Å². The number of nitriles is 1. The fourth-order valence-corrected chi connectivity index (χ4v) is 2.31. The molecule has 0 N–H and O–H groups in total. The number of hydrogen-bond acceptors (Lipinski definition) is 4. The van der Waals surface area contributed by atoms with Gasteiger partial charge in [-0.05, 0) is 30.7 Å². The molecule has 2 rings (SSSR count). The average Bonchev–Trinajstić information content (AvgIpc) is 2.59. The Balaban J connectivity index is 2.38. The van der Waals surface area contributed by atoms with Gasteiger partial charge in [0.1, 0.15) is 17.2 Å². The van der Waals surface area contributed by atoms with E-state index in [2.05, 4.69) is 4.98 Å². The minimum absolute atomic E-state index is 0.0000581. The van der Waals surface area contributed by atoms with Crippen LogP contribution in [0.5, 0.6) is 5.88 Å². The molecule has 124 valence electrons. The van der Waals surface area contributed by atoms with E-state index in [0.29, 0.717) is 5.56 Å². The van der Waals surface area contributed by atoms with Gasteiger partial charge < -0.3 is 9.64 Å². The van der Waals surface area contributed by atoms with Crippen LogP contribution >= 0.6 is 0 Å². The van der Waals surface area contributed by atoms with Crippen LogP contribution < -0.4 is 4.74 Å². The monoisotopic (exact) mass is 331 g/mol. The summed E-state index contributed by atoms with van der Waals surface area (Å²) in [4.78, 5) is 17.7. The summed E-state index contributed by atoms with van der Waals surface area (Å²) in [7, 11) is 2.83. The summed E-state index contributed by atoms with van der Waals surface area (Å²) in [5.74, 6) is -1.73. The Labute approximate surface area is 138 Å². The van der Waals surface area contributed by atoms with Crippen molar-refractivity contribution >= 4 is 5.91 Å². The van der Waals surface area contributed by atoms with E-state index >= 15 is 0 Å². The standard InChI is InChI=1S/C17H15F2N3O2/c1-10(14-5-4-12(18)6-11(14)8-20)22(2)17(23)15-7-13(19)9-21-16(15)24-3/h4-7,9-10H,1-3H3. The summed E-state index contributed by atoms with van der Waals surface area (Å²) < 4.78 is 31.7. The van der Waals surface area contributed by atoms with Gasteiger partial charge in [0.15, 0.2) is 0 Å². The van der Waals surface area contributed by atoms with Crippen molar-refractivity contribution in [1.29, 1.82) is 5.26 Å². The Bertz CT molecular complexity index is 818. The summed E-state index contributed by atoms with van der Waals surface area (Å²) >= 11 is 0. The number of pyridine rings is 1. The van der Waals surface area contributed by atoms with E-state index in [1.807, 2.05) is 6.07 Å². The lowest BCUT2D eigenvalue weighted by Crippen LogP contribution is -2.30. The van der Waals surface area contributed by atoms with Gasteiger partial charge >= 0.3 is 0 Å². The molecule has 7 heteroatoms. The molecule has 1 amide bonds. The smallest absolute Gasteiger partial charge is 0.259 e. The van der Waals surface area contributed by atoms with Crippen molar-refractivity contribution < 1.29 is 18.3 Å². The Hall–Kier alpha value is -3.01. The summed E-state index contributed by atoms with van der Waals surface area (Å²) in [6.45, 7) is 1.69. The number of hydrogen-bond donors (Lipinski definition) is 0. The molecule has 0 spiro atoms. The second kappa shape index (κ2) is 7.04. The predicted molar refractivity (Wildman–Crippen MR) is 82.4 cm³/mol. The number of aromatic nitrogens is 1. The molecular formula is C17H15F2N3O2. The van der Waals surface area contributed by atoms with Crippen LogP contribution in [0.1, 0.15) is 34.5 Å². The number of rotatable bonds is 4. The second-order valence-electron chi connectivity index (χ2n) is 5.15. The highest BCUT2D eigenvalue weighted by molar-refractivity contribution is 5.96. The van der Waals surface area contributed by atoms with E-state index < -0.39 is 23.6 Å². The highest BCUT2D eigenvalue weighted by Crippen LogP contribution is 2.26. The van der Waals surface area contributed by atoms with Crippen LogP contribution in [0, 0.1) is 23.0 Å². The Morgan fingerprint density at radius 3 is 2.67 bits per heavy atom. The highest BCUT2D eigenvalue weighted by Gasteiger charge is 2.24. The van der Waals surface area contributed by atoms with Gasteiger partial charge in [0.05, 0.1) is 31.0 Å². The molecule has 1 atom stereocenters. The van der Waals surface area contributed by atoms with Crippen molar-refractivity contribution in [3.8, 4) is 11.9 Å². The van der Waals surface area contributed by atoms with Crippen molar-refractivity contribution in [2.45, 2.75) is 13.0 Å². The zero-order valence-corrected chi connectivity index (χ0v) is 13.4. The number of carbonyl (C=O) groups is 1. The number of methoxy groups -OCH3 is 1. The van der Waals surface area contributed by atoms with Crippen LogP contribution in [0.3, 0.4) is 0 Å². The van der Waals surface area contributed by atoms with Gasteiger partial charge in [0, 0.05) is 7.05 Å². The van der Waals surface area contributed by atoms with Crippen LogP contribution in [0.2, 0.25) is 0 Å². The van der Waals surface area contributed by atoms with E-state index in [0.717, 1.165) is 18.3 Å². The maximum Gasteiger partial charge on any atom is 0.259 e. The molecule has 0 radical (unpaired) electrons. The first-order chi connectivity index (χ1) is 11.4. The van der Waals surface area contributed by atoms with Gasteiger partial charge in [-0.15, -0.1) is 0 Å². The topological polar surface area (TPSA) is 66.2 Å². The van der Waals surface area contributed by atoms with Gasteiger partial charge in [-0.3, -0.25) is 4.79 Å². The fourth-order valence-electron chi connectivity index (χ4n) is 2.31. The Morgan fingerprint density at radius 1 is 1.33 bits per heavy atom. The molecule has 0 saturated heterocycles. The third kappa shape index (κ3) is 3.33. The number of ether oxygens (including phenoxy) is 1. The summed E-state index contributed by atoms with van der Waals surface area (Å²) in [5, 5.41) is 9.15. The van der Waals surface area contributed by atoms with Crippen molar-refractivity contribution in [2.24, 2.45) is 0 Å². The van der Waals surface area contributed by atoms with E-state index in [-0.39, 0.29) is 17.0 Å². The first kappa shape index (κ1) is 17.3. The van der Waals surface area contributed by atoms with Crippen molar-refractivity contribution in [3.05, 3.63) is 58.8 Å². The number of halogens is 2. The lowest BCUT2D eigenvalue weighted by Gasteiger charge is -2.26. The molecule has 0 aliphatic rings. The molecule has 5 nitrogen and oxygen atoms in total. The number of carbonyl (C=O) groups excluding carboxylic acids is 1. The summed E-state index contributed by atoms with van der Waals surface area (Å²) in [6, 6.07) is 6.17. The largest absolute Gasteiger partial charge is 0.480 e. The molecule has 0 aliphatic heterocycles. The average molecular weight is 331 g/mol. The molecule has 1 unspecified atom stereocenters. The molecular weight excluding hydrogens is 316 g/mol. The summed E-state index contributed by atoms with van der Waals surface area (Å²) in [6.07, 6.45) is 0.951. The lowest BCUT2D eigenvalue weighted by atomic mass is 10.0. The minimum atomic E-state index is -0.667. The zero-order valence-electron chi connectivity index (χ0n) is 13.4. The molecule has 1 heterocycles. The third-order valence-electron chi connectivity index (χ3n) is 3.73. The summed E-state index contributed by atoms with van der Waals surface area (Å²) in [5.41, 5.74) is 0.581. The molecule has 0 aliphatic carbocycles. The van der Waals surface area contributed by atoms with Crippen LogP contribution in [-0.2, 0) is 0 Å².